The quantitative estimate of drug-likeness (QED) is 0.846. The van der Waals surface area contributed by atoms with E-state index in [2.05, 4.69) is 4.98 Å². The van der Waals surface area contributed by atoms with Crippen molar-refractivity contribution in [2.75, 3.05) is 7.11 Å². The van der Waals surface area contributed by atoms with Crippen LogP contribution in [-0.2, 0) is 10.5 Å². The highest BCUT2D eigenvalue weighted by molar-refractivity contribution is 7.99. The molecule has 0 aliphatic rings. The van der Waals surface area contributed by atoms with Gasteiger partial charge in [-0.2, -0.15) is 0 Å². The number of pyridine rings is 1. The average Bonchev–Trinajstić information content (AvgIpc) is 2.29. The molecule has 94 valence electrons. The van der Waals surface area contributed by atoms with Crippen molar-refractivity contribution in [3.63, 3.8) is 0 Å². The Bertz CT molecular complexity index is 382. The van der Waals surface area contributed by atoms with Gasteiger partial charge >= 0.3 is 5.97 Å². The normalized spacial score (nSPS) is 12.5. The van der Waals surface area contributed by atoms with Crippen molar-refractivity contribution in [3.8, 4) is 5.88 Å². The lowest BCUT2D eigenvalue weighted by molar-refractivity contribution is -0.137. The number of carboxylic acid groups (broad SMARTS) is 1. The third-order valence-electron chi connectivity index (χ3n) is 2.31. The largest absolute Gasteiger partial charge is 0.481 e. The number of hydrogen-bond acceptors (Lipinski definition) is 4. The first-order valence-electron chi connectivity index (χ1n) is 5.38. The molecule has 0 saturated carbocycles. The first-order chi connectivity index (χ1) is 8.06. The van der Waals surface area contributed by atoms with Crippen LogP contribution in [0.5, 0.6) is 5.88 Å². The molecule has 0 amide bonds. The first kappa shape index (κ1) is 13.8. The third kappa shape index (κ3) is 3.93. The summed E-state index contributed by atoms with van der Waals surface area (Å²) in [5.74, 6) is 0.479. The van der Waals surface area contributed by atoms with Crippen molar-refractivity contribution in [1.29, 1.82) is 0 Å². The molecule has 1 aromatic rings. The Labute approximate surface area is 105 Å². The van der Waals surface area contributed by atoms with E-state index in [1.54, 1.807) is 13.3 Å². The molecule has 0 spiro atoms. The van der Waals surface area contributed by atoms with Crippen molar-refractivity contribution >= 4 is 17.7 Å². The maximum absolute atomic E-state index is 11.0. The lowest BCUT2D eigenvalue weighted by Gasteiger charge is -2.16. The van der Waals surface area contributed by atoms with Crippen molar-refractivity contribution in [2.45, 2.75) is 24.9 Å². The molecule has 17 heavy (non-hydrogen) atoms. The van der Waals surface area contributed by atoms with Crippen molar-refractivity contribution in [3.05, 3.63) is 23.9 Å². The molecular formula is C12H17NO3S. The standard InChI is InChI=1S/C12H17NO3S/c1-8(2)10(12(14)15)17-7-9-5-4-6-13-11(9)16-3/h4-6,8,10H,7H2,1-3H3,(H,14,15). The minimum atomic E-state index is -0.771. The molecule has 1 N–H and O–H groups in total. The Morgan fingerprint density at radius 3 is 2.82 bits per heavy atom. The van der Waals surface area contributed by atoms with Crippen LogP contribution in [0.2, 0.25) is 0 Å². The van der Waals surface area contributed by atoms with Gasteiger partial charge in [0.2, 0.25) is 5.88 Å². The predicted molar refractivity (Wildman–Crippen MR) is 68.3 cm³/mol. The molecule has 5 heteroatoms. The number of thioether (sulfide) groups is 1. The van der Waals surface area contributed by atoms with Crippen molar-refractivity contribution in [1.82, 2.24) is 4.98 Å². The van der Waals surface area contributed by atoms with Crippen LogP contribution in [0.3, 0.4) is 0 Å². The zero-order valence-corrected chi connectivity index (χ0v) is 11.0. The van der Waals surface area contributed by atoms with Gasteiger partial charge in [-0.1, -0.05) is 19.9 Å². The zero-order valence-electron chi connectivity index (χ0n) is 10.2. The van der Waals surface area contributed by atoms with Crippen molar-refractivity contribution < 1.29 is 14.6 Å². The highest BCUT2D eigenvalue weighted by Crippen LogP contribution is 2.27. The molecule has 0 saturated heterocycles. The second-order valence-electron chi connectivity index (χ2n) is 3.99. The fourth-order valence-corrected chi connectivity index (χ4v) is 2.55. The summed E-state index contributed by atoms with van der Waals surface area (Å²) in [6.45, 7) is 3.82. The summed E-state index contributed by atoms with van der Waals surface area (Å²) in [5, 5.41) is 8.68. The molecule has 1 heterocycles. The van der Waals surface area contributed by atoms with E-state index in [9.17, 15) is 4.79 Å². The van der Waals surface area contributed by atoms with E-state index in [-0.39, 0.29) is 5.92 Å². The minimum Gasteiger partial charge on any atom is -0.481 e. The van der Waals surface area contributed by atoms with Crippen LogP contribution < -0.4 is 4.74 Å². The zero-order chi connectivity index (χ0) is 12.8. The summed E-state index contributed by atoms with van der Waals surface area (Å²) in [7, 11) is 1.56. The number of aliphatic carboxylic acids is 1. The number of carboxylic acids is 1. The summed E-state index contributed by atoms with van der Waals surface area (Å²) in [6, 6.07) is 3.72. The molecule has 0 aliphatic carbocycles. The molecule has 0 aliphatic heterocycles. The molecule has 4 nitrogen and oxygen atoms in total. The van der Waals surface area contributed by atoms with E-state index in [1.165, 1.54) is 11.8 Å². The van der Waals surface area contributed by atoms with Crippen LogP contribution in [0.25, 0.3) is 0 Å². The van der Waals surface area contributed by atoms with Gasteiger partial charge < -0.3 is 9.84 Å². The highest BCUT2D eigenvalue weighted by atomic mass is 32.2. The van der Waals surface area contributed by atoms with Crippen LogP contribution in [0.1, 0.15) is 19.4 Å². The van der Waals surface area contributed by atoms with Crippen molar-refractivity contribution in [2.24, 2.45) is 5.92 Å². The Balaban J connectivity index is 2.68. The molecular weight excluding hydrogens is 238 g/mol. The maximum Gasteiger partial charge on any atom is 0.316 e. The Morgan fingerprint density at radius 2 is 2.29 bits per heavy atom. The van der Waals surface area contributed by atoms with Gasteiger partial charge in [0, 0.05) is 17.5 Å². The molecule has 0 fully saturated rings. The summed E-state index contributed by atoms with van der Waals surface area (Å²) in [5.41, 5.74) is 0.923. The SMILES string of the molecule is COc1ncccc1CSC(C(=O)O)C(C)C. The van der Waals surface area contributed by atoms with E-state index in [1.807, 2.05) is 26.0 Å². The van der Waals surface area contributed by atoms with Crippen LogP contribution in [-0.4, -0.2) is 28.4 Å². The minimum absolute atomic E-state index is 0.0974. The lowest BCUT2D eigenvalue weighted by Crippen LogP contribution is -2.22. The number of rotatable bonds is 6. The van der Waals surface area contributed by atoms with E-state index < -0.39 is 11.2 Å². The number of nitrogens with zero attached hydrogens (tertiary/aromatic N) is 1. The van der Waals surface area contributed by atoms with E-state index in [0.29, 0.717) is 11.6 Å². The van der Waals surface area contributed by atoms with Gasteiger partial charge in [0.1, 0.15) is 5.25 Å². The monoisotopic (exact) mass is 255 g/mol. The Morgan fingerprint density at radius 1 is 1.59 bits per heavy atom. The van der Waals surface area contributed by atoms with Gasteiger partial charge in [0.25, 0.3) is 0 Å². The number of aromatic nitrogens is 1. The number of hydrogen-bond donors (Lipinski definition) is 1. The molecule has 0 bridgehead atoms. The van der Waals surface area contributed by atoms with Gasteiger partial charge in [-0.15, -0.1) is 11.8 Å². The van der Waals surface area contributed by atoms with Gasteiger partial charge in [-0.05, 0) is 12.0 Å². The van der Waals surface area contributed by atoms with Crippen LogP contribution in [0, 0.1) is 5.92 Å². The van der Waals surface area contributed by atoms with Crippen LogP contribution in [0.4, 0.5) is 0 Å². The fraction of sp³-hybridized carbons (Fsp3) is 0.500. The molecule has 1 atom stereocenters. The Kier molecular flexibility index (Phi) is 5.28. The maximum atomic E-state index is 11.0. The summed E-state index contributed by atoms with van der Waals surface area (Å²) in [4.78, 5) is 15.1. The number of ether oxygens (including phenoxy) is 1. The number of carbonyl (C=O) groups is 1. The second-order valence-corrected chi connectivity index (χ2v) is 5.12. The van der Waals surface area contributed by atoms with E-state index >= 15 is 0 Å². The van der Waals surface area contributed by atoms with Crippen LogP contribution in [0.15, 0.2) is 18.3 Å². The molecule has 1 unspecified atom stereocenters. The number of methoxy groups -OCH3 is 1. The summed E-state index contributed by atoms with van der Waals surface area (Å²) >= 11 is 1.40. The summed E-state index contributed by atoms with van der Waals surface area (Å²) < 4.78 is 5.13. The van der Waals surface area contributed by atoms with E-state index in [0.717, 1.165) is 5.56 Å². The van der Waals surface area contributed by atoms with Gasteiger partial charge in [0.15, 0.2) is 0 Å². The van der Waals surface area contributed by atoms with Gasteiger partial charge in [-0.3, -0.25) is 4.79 Å². The fourth-order valence-electron chi connectivity index (χ4n) is 1.45. The lowest BCUT2D eigenvalue weighted by atomic mass is 10.1. The van der Waals surface area contributed by atoms with Gasteiger partial charge in [0.05, 0.1) is 7.11 Å². The molecule has 1 aromatic heterocycles. The molecule has 0 radical (unpaired) electrons. The topological polar surface area (TPSA) is 59.4 Å². The van der Waals surface area contributed by atoms with E-state index in [4.69, 9.17) is 9.84 Å². The highest BCUT2D eigenvalue weighted by Gasteiger charge is 2.22. The predicted octanol–water partition coefficient (Wildman–Crippen LogP) is 2.43. The smallest absolute Gasteiger partial charge is 0.316 e. The first-order valence-corrected chi connectivity index (χ1v) is 6.43. The Hall–Kier alpha value is -1.23. The third-order valence-corrected chi connectivity index (χ3v) is 3.89. The molecule has 0 aromatic carbocycles. The molecule has 1 rings (SSSR count). The average molecular weight is 255 g/mol. The van der Waals surface area contributed by atoms with Gasteiger partial charge in [-0.25, -0.2) is 4.98 Å². The van der Waals surface area contributed by atoms with Crippen LogP contribution >= 0.6 is 11.8 Å². The second kappa shape index (κ2) is 6.49. The summed E-state index contributed by atoms with van der Waals surface area (Å²) in [6.07, 6.45) is 1.66.